The third-order valence-corrected chi connectivity index (χ3v) is 3.23. The van der Waals surface area contributed by atoms with Crippen LogP contribution in [0.25, 0.3) is 0 Å². The summed E-state index contributed by atoms with van der Waals surface area (Å²) in [7, 11) is 1.52. The molecule has 17 heavy (non-hydrogen) atoms. The van der Waals surface area contributed by atoms with Crippen LogP contribution in [-0.2, 0) is 0 Å². The van der Waals surface area contributed by atoms with Crippen LogP contribution in [0.3, 0.4) is 0 Å². The van der Waals surface area contributed by atoms with E-state index in [-0.39, 0.29) is 11.8 Å². The Bertz CT molecular complexity index is 370. The smallest absolute Gasteiger partial charge is 0.133 e. The lowest BCUT2D eigenvalue weighted by atomic mass is 9.87. The summed E-state index contributed by atoms with van der Waals surface area (Å²) < 4.78 is 19.6. The average Bonchev–Trinajstić information content (AvgIpc) is 2.29. The van der Waals surface area contributed by atoms with Gasteiger partial charge in [-0.2, -0.15) is 0 Å². The highest BCUT2D eigenvalue weighted by Gasteiger charge is 2.27. The van der Waals surface area contributed by atoms with Gasteiger partial charge in [0.25, 0.3) is 0 Å². The second-order valence-corrected chi connectivity index (χ2v) is 4.87. The number of alkyl halides is 1. The van der Waals surface area contributed by atoms with E-state index in [1.54, 1.807) is 18.2 Å². The monoisotopic (exact) mass is 259 g/mol. The van der Waals surface area contributed by atoms with Crippen molar-refractivity contribution >= 4 is 11.6 Å². The predicted octanol–water partition coefficient (Wildman–Crippen LogP) is 3.59. The van der Waals surface area contributed by atoms with Crippen molar-refractivity contribution < 1.29 is 9.13 Å². The van der Waals surface area contributed by atoms with Gasteiger partial charge in [0.05, 0.1) is 7.11 Å². The molecule has 0 aliphatic heterocycles. The predicted molar refractivity (Wildman–Crippen MR) is 69.2 cm³/mol. The zero-order valence-corrected chi connectivity index (χ0v) is 11.2. The second-order valence-electron chi connectivity index (χ2n) is 4.43. The van der Waals surface area contributed by atoms with Gasteiger partial charge in [-0.3, -0.25) is 0 Å². The van der Waals surface area contributed by atoms with E-state index in [0.717, 1.165) is 0 Å². The van der Waals surface area contributed by atoms with E-state index in [2.05, 4.69) is 0 Å². The third kappa shape index (κ3) is 3.33. The average molecular weight is 260 g/mol. The van der Waals surface area contributed by atoms with Gasteiger partial charge in [-0.05, 0) is 30.7 Å². The molecule has 4 heteroatoms. The summed E-state index contributed by atoms with van der Waals surface area (Å²) >= 11 is 5.89. The fourth-order valence-electron chi connectivity index (χ4n) is 1.88. The van der Waals surface area contributed by atoms with Crippen molar-refractivity contribution in [1.82, 2.24) is 0 Å². The maximum atomic E-state index is 14.5. The molecule has 96 valence electrons. The molecule has 0 spiro atoms. The maximum absolute atomic E-state index is 14.5. The lowest BCUT2D eigenvalue weighted by Crippen LogP contribution is -2.24. The van der Waals surface area contributed by atoms with Crippen LogP contribution in [0.15, 0.2) is 18.2 Å². The second kappa shape index (κ2) is 6.22. The molecule has 0 saturated carbocycles. The van der Waals surface area contributed by atoms with Crippen LogP contribution >= 0.6 is 11.6 Å². The highest BCUT2D eigenvalue weighted by Crippen LogP contribution is 2.37. The molecule has 0 aliphatic carbocycles. The van der Waals surface area contributed by atoms with Gasteiger partial charge in [0.1, 0.15) is 11.9 Å². The minimum Gasteiger partial charge on any atom is -0.496 e. The maximum Gasteiger partial charge on any atom is 0.133 e. The topological polar surface area (TPSA) is 35.2 Å². The van der Waals surface area contributed by atoms with Crippen molar-refractivity contribution in [2.45, 2.75) is 20.0 Å². The van der Waals surface area contributed by atoms with E-state index >= 15 is 0 Å². The Hall–Kier alpha value is -0.800. The lowest BCUT2D eigenvalue weighted by molar-refractivity contribution is 0.184. The van der Waals surface area contributed by atoms with Gasteiger partial charge in [0, 0.05) is 16.5 Å². The molecule has 1 aromatic rings. The summed E-state index contributed by atoms with van der Waals surface area (Å²) in [6.45, 7) is 4.22. The molecule has 0 heterocycles. The number of methoxy groups -OCH3 is 1. The molecule has 0 radical (unpaired) electrons. The first-order valence-corrected chi connectivity index (χ1v) is 6.06. The molecule has 0 bridgehead atoms. The Balaban J connectivity index is 3.08. The van der Waals surface area contributed by atoms with E-state index in [1.165, 1.54) is 7.11 Å². The Labute approximate surface area is 107 Å². The van der Waals surface area contributed by atoms with Crippen molar-refractivity contribution in [2.75, 3.05) is 13.7 Å². The van der Waals surface area contributed by atoms with Crippen molar-refractivity contribution in [2.24, 2.45) is 17.6 Å². The van der Waals surface area contributed by atoms with Gasteiger partial charge < -0.3 is 10.5 Å². The number of hydrogen-bond donors (Lipinski definition) is 1. The number of halogens is 2. The van der Waals surface area contributed by atoms with Gasteiger partial charge in [-0.15, -0.1) is 0 Å². The fourth-order valence-corrected chi connectivity index (χ4v) is 2.06. The third-order valence-electron chi connectivity index (χ3n) is 2.99. The van der Waals surface area contributed by atoms with Gasteiger partial charge in [-0.1, -0.05) is 25.4 Å². The Morgan fingerprint density at radius 2 is 2.06 bits per heavy atom. The Morgan fingerprint density at radius 3 is 2.53 bits per heavy atom. The summed E-state index contributed by atoms with van der Waals surface area (Å²) in [4.78, 5) is 0. The van der Waals surface area contributed by atoms with E-state index in [0.29, 0.717) is 22.9 Å². The quantitative estimate of drug-likeness (QED) is 0.877. The van der Waals surface area contributed by atoms with E-state index in [4.69, 9.17) is 22.1 Å². The zero-order chi connectivity index (χ0) is 13.0. The summed E-state index contributed by atoms with van der Waals surface area (Å²) in [5.74, 6) is 0.446. The van der Waals surface area contributed by atoms with E-state index in [9.17, 15) is 4.39 Å². The van der Waals surface area contributed by atoms with Gasteiger partial charge >= 0.3 is 0 Å². The molecular weight excluding hydrogens is 241 g/mol. The van der Waals surface area contributed by atoms with Crippen molar-refractivity contribution in [3.05, 3.63) is 28.8 Å². The molecule has 2 N–H and O–H groups in total. The fraction of sp³-hybridized carbons (Fsp3) is 0.538. The van der Waals surface area contributed by atoms with Gasteiger partial charge in [0.2, 0.25) is 0 Å². The normalized spacial score (nSPS) is 14.8. The number of rotatable bonds is 5. The molecule has 1 rings (SSSR count). The highest BCUT2D eigenvalue weighted by atomic mass is 35.5. The molecule has 0 fully saturated rings. The summed E-state index contributed by atoms with van der Waals surface area (Å²) in [6, 6.07) is 4.97. The number of benzene rings is 1. The molecule has 1 aromatic carbocycles. The van der Waals surface area contributed by atoms with Crippen molar-refractivity contribution in [3.8, 4) is 5.75 Å². The van der Waals surface area contributed by atoms with Crippen LogP contribution in [0.1, 0.15) is 25.6 Å². The molecular formula is C13H19ClFNO. The Morgan fingerprint density at radius 1 is 1.41 bits per heavy atom. The first kappa shape index (κ1) is 14.3. The van der Waals surface area contributed by atoms with Crippen LogP contribution in [0.5, 0.6) is 5.75 Å². The molecule has 2 unspecified atom stereocenters. The molecule has 2 nitrogen and oxygen atoms in total. The number of ether oxygens (including phenoxy) is 1. The first-order valence-electron chi connectivity index (χ1n) is 5.68. The van der Waals surface area contributed by atoms with Crippen LogP contribution < -0.4 is 10.5 Å². The van der Waals surface area contributed by atoms with E-state index < -0.39 is 6.17 Å². The number of hydrogen-bond acceptors (Lipinski definition) is 2. The van der Waals surface area contributed by atoms with Crippen LogP contribution in [0.2, 0.25) is 5.02 Å². The molecule has 0 aliphatic rings. The minimum absolute atomic E-state index is 0.165. The standard InChI is InChI=1S/C13H19ClFNO/c1-8(2)11(7-16)13(15)10-6-9(14)4-5-12(10)17-3/h4-6,8,11,13H,7,16H2,1-3H3. The Kier molecular flexibility index (Phi) is 5.22. The van der Waals surface area contributed by atoms with Gasteiger partial charge in [-0.25, -0.2) is 4.39 Å². The summed E-state index contributed by atoms with van der Waals surface area (Å²) in [5, 5.41) is 0.503. The van der Waals surface area contributed by atoms with Crippen molar-refractivity contribution in [1.29, 1.82) is 0 Å². The molecule has 2 atom stereocenters. The zero-order valence-electron chi connectivity index (χ0n) is 10.4. The molecule has 0 amide bonds. The van der Waals surface area contributed by atoms with Gasteiger partial charge in [0.15, 0.2) is 0 Å². The highest BCUT2D eigenvalue weighted by molar-refractivity contribution is 6.30. The van der Waals surface area contributed by atoms with Crippen LogP contribution in [-0.4, -0.2) is 13.7 Å². The minimum atomic E-state index is -1.16. The number of nitrogens with two attached hydrogens (primary N) is 1. The van der Waals surface area contributed by atoms with E-state index in [1.807, 2.05) is 13.8 Å². The van der Waals surface area contributed by atoms with Crippen LogP contribution in [0.4, 0.5) is 4.39 Å². The SMILES string of the molecule is COc1ccc(Cl)cc1C(F)C(CN)C(C)C. The summed E-state index contributed by atoms with van der Waals surface area (Å²) in [6.07, 6.45) is -1.16. The first-order chi connectivity index (χ1) is 8.01. The van der Waals surface area contributed by atoms with Crippen LogP contribution in [0, 0.1) is 11.8 Å². The largest absolute Gasteiger partial charge is 0.496 e. The lowest BCUT2D eigenvalue weighted by Gasteiger charge is -2.24. The molecule has 0 aromatic heterocycles. The summed E-state index contributed by atoms with van der Waals surface area (Å²) in [5.41, 5.74) is 6.10. The van der Waals surface area contributed by atoms with Crippen molar-refractivity contribution in [3.63, 3.8) is 0 Å². The molecule has 0 saturated heterocycles.